The number of hydrogen-bond acceptors (Lipinski definition) is 5. The van der Waals surface area contributed by atoms with Crippen LogP contribution in [0, 0.1) is 0 Å². The van der Waals surface area contributed by atoms with Crippen LogP contribution in [0.15, 0.2) is 49.1 Å². The van der Waals surface area contributed by atoms with Crippen molar-refractivity contribution in [1.29, 1.82) is 0 Å². The fourth-order valence-corrected chi connectivity index (χ4v) is 3.84. The number of pyridine rings is 2. The van der Waals surface area contributed by atoms with E-state index in [1.165, 1.54) is 12.0 Å². The average molecular weight is 325 g/mol. The second-order valence-electron chi connectivity index (χ2n) is 6.80. The highest BCUT2D eigenvalue weighted by Gasteiger charge is 2.44. The molecular weight excluding hydrogens is 302 g/mol. The number of ether oxygens (including phenoxy) is 2. The first-order valence-electron chi connectivity index (χ1n) is 8.63. The minimum Gasteiger partial charge on any atom is -0.486 e. The van der Waals surface area contributed by atoms with Crippen molar-refractivity contribution in [3.05, 3.63) is 54.6 Å². The molecule has 0 radical (unpaired) electrons. The fraction of sp³-hybridized carbons (Fsp3) is 0.474. The van der Waals surface area contributed by atoms with Crippen LogP contribution in [0.25, 0.3) is 0 Å². The van der Waals surface area contributed by atoms with Gasteiger partial charge in [0.2, 0.25) is 0 Å². The first-order valence-corrected chi connectivity index (χ1v) is 8.63. The van der Waals surface area contributed by atoms with Crippen molar-refractivity contribution in [1.82, 2.24) is 14.9 Å². The standard InChI is InChI=1S/C19H23N3O2/c1-3-17(12-21-7-1)24-18-11-19(23-14-18)6-2-10-22(15-19)13-16-4-8-20-9-5-16/h1,3-5,7-9,12,18H,2,6,10-11,13-15H2/t18-,19+/m1/s1. The summed E-state index contributed by atoms with van der Waals surface area (Å²) in [5.74, 6) is 0.826. The van der Waals surface area contributed by atoms with Gasteiger partial charge in [-0.15, -0.1) is 0 Å². The molecule has 5 nitrogen and oxygen atoms in total. The van der Waals surface area contributed by atoms with Crippen LogP contribution >= 0.6 is 0 Å². The number of nitrogens with zero attached hydrogens (tertiary/aromatic N) is 3. The van der Waals surface area contributed by atoms with Crippen molar-refractivity contribution in [3.63, 3.8) is 0 Å². The SMILES string of the molecule is c1cncc(O[C@H]2CO[C@@]3(CCCN(Cc4ccncc4)C3)C2)c1. The molecule has 4 rings (SSSR count). The van der Waals surface area contributed by atoms with E-state index in [2.05, 4.69) is 27.0 Å². The summed E-state index contributed by atoms with van der Waals surface area (Å²) in [4.78, 5) is 10.7. The number of piperidine rings is 1. The van der Waals surface area contributed by atoms with E-state index in [9.17, 15) is 0 Å². The van der Waals surface area contributed by atoms with Crippen LogP contribution in [-0.4, -0.2) is 46.3 Å². The van der Waals surface area contributed by atoms with E-state index in [0.29, 0.717) is 6.61 Å². The van der Waals surface area contributed by atoms with Gasteiger partial charge in [0.1, 0.15) is 11.9 Å². The third-order valence-corrected chi connectivity index (χ3v) is 4.89. The van der Waals surface area contributed by atoms with Gasteiger partial charge in [-0.3, -0.25) is 14.9 Å². The van der Waals surface area contributed by atoms with Gasteiger partial charge in [-0.1, -0.05) is 0 Å². The average Bonchev–Trinajstić information content (AvgIpc) is 2.98. The van der Waals surface area contributed by atoms with Gasteiger partial charge < -0.3 is 9.47 Å². The summed E-state index contributed by atoms with van der Waals surface area (Å²) in [6.45, 7) is 3.73. The maximum atomic E-state index is 6.23. The van der Waals surface area contributed by atoms with E-state index in [0.717, 1.165) is 38.2 Å². The van der Waals surface area contributed by atoms with Crippen molar-refractivity contribution >= 4 is 0 Å². The Bertz CT molecular complexity index is 652. The Kier molecular flexibility index (Phi) is 4.45. The summed E-state index contributed by atoms with van der Waals surface area (Å²) in [5, 5.41) is 0. The normalized spacial score (nSPS) is 27.4. The minimum atomic E-state index is -0.0574. The second kappa shape index (κ2) is 6.87. The van der Waals surface area contributed by atoms with Crippen LogP contribution in [0.3, 0.4) is 0 Å². The molecule has 2 fully saturated rings. The zero-order chi connectivity index (χ0) is 16.2. The van der Waals surface area contributed by atoms with E-state index in [4.69, 9.17) is 9.47 Å². The van der Waals surface area contributed by atoms with Gasteiger partial charge in [0.25, 0.3) is 0 Å². The summed E-state index contributed by atoms with van der Waals surface area (Å²) in [6, 6.07) is 8.03. The molecule has 0 amide bonds. The zero-order valence-electron chi connectivity index (χ0n) is 13.8. The second-order valence-corrected chi connectivity index (χ2v) is 6.80. The molecule has 0 N–H and O–H groups in total. The molecule has 24 heavy (non-hydrogen) atoms. The van der Waals surface area contributed by atoms with E-state index in [1.807, 2.05) is 24.5 Å². The van der Waals surface area contributed by atoms with Crippen LogP contribution in [0.5, 0.6) is 5.75 Å². The molecule has 0 unspecified atom stereocenters. The number of hydrogen-bond donors (Lipinski definition) is 0. The number of likely N-dealkylation sites (tertiary alicyclic amines) is 1. The van der Waals surface area contributed by atoms with Crippen LogP contribution < -0.4 is 4.74 Å². The zero-order valence-corrected chi connectivity index (χ0v) is 13.8. The number of aromatic nitrogens is 2. The highest BCUT2D eigenvalue weighted by molar-refractivity contribution is 5.16. The minimum absolute atomic E-state index is 0.0574. The Hall–Kier alpha value is -1.98. The third-order valence-electron chi connectivity index (χ3n) is 4.89. The van der Waals surface area contributed by atoms with Crippen molar-refractivity contribution in [3.8, 4) is 5.75 Å². The Morgan fingerprint density at radius 2 is 2.12 bits per heavy atom. The lowest BCUT2D eigenvalue weighted by molar-refractivity contribution is -0.0538. The molecule has 5 heteroatoms. The van der Waals surface area contributed by atoms with Crippen LogP contribution in [0.1, 0.15) is 24.8 Å². The molecule has 1 spiro atoms. The molecule has 2 aromatic heterocycles. The summed E-state index contributed by atoms with van der Waals surface area (Å²) in [7, 11) is 0. The van der Waals surface area contributed by atoms with Crippen LogP contribution in [0.2, 0.25) is 0 Å². The molecule has 0 aromatic carbocycles. The molecule has 2 aliphatic rings. The maximum absolute atomic E-state index is 6.23. The lowest BCUT2D eigenvalue weighted by atomic mass is 9.89. The van der Waals surface area contributed by atoms with Crippen molar-refractivity contribution in [2.75, 3.05) is 19.7 Å². The van der Waals surface area contributed by atoms with Gasteiger partial charge in [0.15, 0.2) is 0 Å². The quantitative estimate of drug-likeness (QED) is 0.865. The fourth-order valence-electron chi connectivity index (χ4n) is 3.84. The Labute approximate surface area is 142 Å². The van der Waals surface area contributed by atoms with Gasteiger partial charge in [-0.25, -0.2) is 0 Å². The molecule has 126 valence electrons. The van der Waals surface area contributed by atoms with E-state index < -0.39 is 0 Å². The summed E-state index contributed by atoms with van der Waals surface area (Å²) >= 11 is 0. The summed E-state index contributed by atoms with van der Waals surface area (Å²) in [6.07, 6.45) is 10.6. The third kappa shape index (κ3) is 3.57. The predicted octanol–water partition coefficient (Wildman–Crippen LogP) is 2.68. The molecule has 2 atom stereocenters. The van der Waals surface area contributed by atoms with E-state index >= 15 is 0 Å². The Balaban J connectivity index is 1.37. The molecule has 0 bridgehead atoms. The monoisotopic (exact) mass is 325 g/mol. The maximum Gasteiger partial charge on any atom is 0.138 e. The highest BCUT2D eigenvalue weighted by Crippen LogP contribution is 2.36. The molecular formula is C19H23N3O2. The Morgan fingerprint density at radius 3 is 2.96 bits per heavy atom. The smallest absolute Gasteiger partial charge is 0.138 e. The van der Waals surface area contributed by atoms with Gasteiger partial charge in [0.05, 0.1) is 18.4 Å². The van der Waals surface area contributed by atoms with Crippen molar-refractivity contribution < 1.29 is 9.47 Å². The van der Waals surface area contributed by atoms with E-state index in [1.54, 1.807) is 12.4 Å². The largest absolute Gasteiger partial charge is 0.486 e. The molecule has 2 aliphatic heterocycles. The first-order chi connectivity index (χ1) is 11.8. The van der Waals surface area contributed by atoms with Crippen LogP contribution in [-0.2, 0) is 11.3 Å². The molecule has 2 saturated heterocycles. The first kappa shape index (κ1) is 15.5. The Morgan fingerprint density at radius 1 is 1.21 bits per heavy atom. The number of rotatable bonds is 4. The highest BCUT2D eigenvalue weighted by atomic mass is 16.6. The van der Waals surface area contributed by atoms with E-state index in [-0.39, 0.29) is 11.7 Å². The lowest BCUT2D eigenvalue weighted by Crippen LogP contribution is -2.47. The van der Waals surface area contributed by atoms with Crippen molar-refractivity contribution in [2.24, 2.45) is 0 Å². The molecule has 4 heterocycles. The molecule has 0 aliphatic carbocycles. The predicted molar refractivity (Wildman–Crippen MR) is 90.7 cm³/mol. The molecule has 2 aromatic rings. The summed E-state index contributed by atoms with van der Waals surface area (Å²) < 4.78 is 12.3. The van der Waals surface area contributed by atoms with Gasteiger partial charge in [0, 0.05) is 38.1 Å². The lowest BCUT2D eigenvalue weighted by Gasteiger charge is -2.39. The van der Waals surface area contributed by atoms with Gasteiger partial charge in [-0.2, -0.15) is 0 Å². The van der Waals surface area contributed by atoms with Crippen LogP contribution in [0.4, 0.5) is 0 Å². The molecule has 0 saturated carbocycles. The topological polar surface area (TPSA) is 47.5 Å². The van der Waals surface area contributed by atoms with Crippen molar-refractivity contribution in [2.45, 2.75) is 37.5 Å². The van der Waals surface area contributed by atoms with Gasteiger partial charge in [-0.05, 0) is 49.2 Å². The summed E-state index contributed by atoms with van der Waals surface area (Å²) in [5.41, 5.74) is 1.25. The van der Waals surface area contributed by atoms with Gasteiger partial charge >= 0.3 is 0 Å².